The number of phenolic OH excluding ortho intramolecular Hbond substituents is 1. The Kier molecular flexibility index (Phi) is 2.35. The van der Waals surface area contributed by atoms with Gasteiger partial charge in [0.1, 0.15) is 5.75 Å². The Bertz CT molecular complexity index is 315. The van der Waals surface area contributed by atoms with E-state index in [1.807, 2.05) is 18.2 Å². The zero-order valence-electron chi connectivity index (χ0n) is 7.61. The molecule has 2 rings (SSSR count). The van der Waals surface area contributed by atoms with Crippen molar-refractivity contribution in [2.24, 2.45) is 0 Å². The van der Waals surface area contributed by atoms with Gasteiger partial charge < -0.3 is 5.11 Å². The second-order valence-electron chi connectivity index (χ2n) is 3.52. The van der Waals surface area contributed by atoms with Crippen LogP contribution in [0.5, 0.6) is 5.75 Å². The van der Waals surface area contributed by atoms with Gasteiger partial charge in [-0.25, -0.2) is 0 Å². The summed E-state index contributed by atoms with van der Waals surface area (Å²) in [6, 6.07) is 7.62. The fourth-order valence-corrected chi connectivity index (χ4v) is 1.87. The van der Waals surface area contributed by atoms with Gasteiger partial charge in [0, 0.05) is 11.5 Å². The number of allylic oxidation sites excluding steroid dienone is 2. The molecule has 0 saturated heterocycles. The maximum absolute atomic E-state index is 9.63. The lowest BCUT2D eigenvalue weighted by Gasteiger charge is -2.17. The number of rotatable bonds is 1. The van der Waals surface area contributed by atoms with Gasteiger partial charge in [0.2, 0.25) is 0 Å². The van der Waals surface area contributed by atoms with Crippen LogP contribution in [-0.4, -0.2) is 5.11 Å². The van der Waals surface area contributed by atoms with Gasteiger partial charge in [0.15, 0.2) is 0 Å². The summed E-state index contributed by atoms with van der Waals surface area (Å²) >= 11 is 0. The molecular formula is C12H14O. The summed E-state index contributed by atoms with van der Waals surface area (Å²) in [6.07, 6.45) is 7.99. The minimum Gasteiger partial charge on any atom is -0.508 e. The lowest BCUT2D eigenvalue weighted by Crippen LogP contribution is -1.99. The van der Waals surface area contributed by atoms with E-state index in [4.69, 9.17) is 0 Å². The fraction of sp³-hybridized carbons (Fsp3) is 0.333. The summed E-state index contributed by atoms with van der Waals surface area (Å²) in [5, 5.41) is 9.63. The first-order valence-corrected chi connectivity index (χ1v) is 4.82. The predicted octanol–water partition coefficient (Wildman–Crippen LogP) is 3.22. The van der Waals surface area contributed by atoms with Gasteiger partial charge >= 0.3 is 0 Å². The predicted molar refractivity (Wildman–Crippen MR) is 53.8 cm³/mol. The Morgan fingerprint density at radius 3 is 2.77 bits per heavy atom. The third kappa shape index (κ3) is 1.74. The Labute approximate surface area is 78.7 Å². The van der Waals surface area contributed by atoms with Gasteiger partial charge in [-0.1, -0.05) is 30.4 Å². The maximum atomic E-state index is 9.63. The Balaban J connectivity index is 2.29. The van der Waals surface area contributed by atoms with Gasteiger partial charge in [-0.05, 0) is 25.3 Å². The van der Waals surface area contributed by atoms with Gasteiger partial charge in [0.05, 0.1) is 0 Å². The molecule has 0 heterocycles. The number of hydrogen-bond acceptors (Lipinski definition) is 1. The lowest BCUT2D eigenvalue weighted by molar-refractivity contribution is 0.462. The van der Waals surface area contributed by atoms with Gasteiger partial charge in [-0.15, -0.1) is 0 Å². The van der Waals surface area contributed by atoms with Gasteiger partial charge in [-0.2, -0.15) is 0 Å². The average molecular weight is 174 g/mol. The second-order valence-corrected chi connectivity index (χ2v) is 3.52. The number of hydrogen-bond donors (Lipinski definition) is 1. The highest BCUT2D eigenvalue weighted by atomic mass is 16.3. The van der Waals surface area contributed by atoms with Gasteiger partial charge in [0.25, 0.3) is 0 Å². The molecule has 1 heteroatoms. The SMILES string of the molecule is Oc1ccccc1C1C=CCCC1. The van der Waals surface area contributed by atoms with Crippen molar-refractivity contribution in [1.82, 2.24) is 0 Å². The Morgan fingerprint density at radius 1 is 1.23 bits per heavy atom. The zero-order chi connectivity index (χ0) is 9.10. The second kappa shape index (κ2) is 3.65. The summed E-state index contributed by atoms with van der Waals surface area (Å²) in [7, 11) is 0. The van der Waals surface area contributed by atoms with Crippen LogP contribution in [-0.2, 0) is 0 Å². The zero-order valence-corrected chi connectivity index (χ0v) is 7.61. The molecule has 1 N–H and O–H groups in total. The molecular weight excluding hydrogens is 160 g/mol. The summed E-state index contributed by atoms with van der Waals surface area (Å²) in [5.41, 5.74) is 1.07. The minimum absolute atomic E-state index is 0.426. The van der Waals surface area contributed by atoms with Crippen LogP contribution in [0, 0.1) is 0 Å². The van der Waals surface area contributed by atoms with Crippen molar-refractivity contribution in [2.75, 3.05) is 0 Å². The monoisotopic (exact) mass is 174 g/mol. The van der Waals surface area contributed by atoms with Crippen molar-refractivity contribution in [3.63, 3.8) is 0 Å². The van der Waals surface area contributed by atoms with Gasteiger partial charge in [-0.3, -0.25) is 0 Å². The van der Waals surface area contributed by atoms with Crippen LogP contribution in [0.1, 0.15) is 30.7 Å². The molecule has 0 spiro atoms. The van der Waals surface area contributed by atoms with Crippen LogP contribution >= 0.6 is 0 Å². The molecule has 0 bridgehead atoms. The van der Waals surface area contributed by atoms with Crippen molar-refractivity contribution in [1.29, 1.82) is 0 Å². The molecule has 0 saturated carbocycles. The van der Waals surface area contributed by atoms with Crippen molar-refractivity contribution >= 4 is 0 Å². The Morgan fingerprint density at radius 2 is 2.08 bits per heavy atom. The maximum Gasteiger partial charge on any atom is 0.119 e. The summed E-state index contributed by atoms with van der Waals surface area (Å²) in [4.78, 5) is 0. The van der Waals surface area contributed by atoms with E-state index in [9.17, 15) is 5.11 Å². The molecule has 1 nitrogen and oxygen atoms in total. The van der Waals surface area contributed by atoms with Crippen LogP contribution in [0.3, 0.4) is 0 Å². The van der Waals surface area contributed by atoms with Crippen LogP contribution in [0.2, 0.25) is 0 Å². The summed E-state index contributed by atoms with van der Waals surface area (Å²) < 4.78 is 0. The standard InChI is InChI=1S/C12H14O/c13-12-9-5-4-8-11(12)10-6-2-1-3-7-10/h2,4-6,8-10,13H,1,3,7H2. The molecule has 1 atom stereocenters. The minimum atomic E-state index is 0.426. The first-order valence-electron chi connectivity index (χ1n) is 4.82. The molecule has 0 fully saturated rings. The average Bonchev–Trinajstić information content (AvgIpc) is 2.20. The molecule has 1 aromatic rings. The van der Waals surface area contributed by atoms with E-state index in [1.54, 1.807) is 6.07 Å². The van der Waals surface area contributed by atoms with E-state index in [1.165, 1.54) is 12.8 Å². The highest BCUT2D eigenvalue weighted by Crippen LogP contribution is 2.32. The summed E-state index contributed by atoms with van der Waals surface area (Å²) in [5.74, 6) is 0.856. The first-order chi connectivity index (χ1) is 6.38. The van der Waals surface area contributed by atoms with Crippen molar-refractivity contribution < 1.29 is 5.11 Å². The van der Waals surface area contributed by atoms with Crippen LogP contribution in [0.15, 0.2) is 36.4 Å². The van der Waals surface area contributed by atoms with E-state index in [0.29, 0.717) is 11.7 Å². The molecule has 1 aliphatic carbocycles. The third-order valence-electron chi connectivity index (χ3n) is 2.59. The molecule has 0 aliphatic heterocycles. The van der Waals surface area contributed by atoms with Crippen molar-refractivity contribution in [2.45, 2.75) is 25.2 Å². The molecule has 1 aromatic carbocycles. The van der Waals surface area contributed by atoms with E-state index >= 15 is 0 Å². The van der Waals surface area contributed by atoms with Crippen LogP contribution < -0.4 is 0 Å². The van der Waals surface area contributed by atoms with E-state index in [0.717, 1.165) is 12.0 Å². The number of benzene rings is 1. The van der Waals surface area contributed by atoms with Crippen LogP contribution in [0.4, 0.5) is 0 Å². The van der Waals surface area contributed by atoms with E-state index < -0.39 is 0 Å². The quantitative estimate of drug-likeness (QED) is 0.648. The fourth-order valence-electron chi connectivity index (χ4n) is 1.87. The molecule has 0 aromatic heterocycles. The normalized spacial score (nSPS) is 21.7. The van der Waals surface area contributed by atoms with Crippen molar-refractivity contribution in [3.05, 3.63) is 42.0 Å². The Hall–Kier alpha value is -1.24. The first kappa shape index (κ1) is 8.36. The van der Waals surface area contributed by atoms with Crippen molar-refractivity contribution in [3.8, 4) is 5.75 Å². The third-order valence-corrected chi connectivity index (χ3v) is 2.59. The largest absolute Gasteiger partial charge is 0.508 e. The number of para-hydroxylation sites is 1. The summed E-state index contributed by atoms with van der Waals surface area (Å²) in [6.45, 7) is 0. The van der Waals surface area contributed by atoms with Crippen LogP contribution in [0.25, 0.3) is 0 Å². The molecule has 68 valence electrons. The lowest BCUT2D eigenvalue weighted by atomic mass is 9.89. The molecule has 0 radical (unpaired) electrons. The molecule has 13 heavy (non-hydrogen) atoms. The molecule has 1 unspecified atom stereocenters. The van der Waals surface area contributed by atoms with E-state index in [2.05, 4.69) is 12.2 Å². The van der Waals surface area contributed by atoms with E-state index in [-0.39, 0.29) is 0 Å². The smallest absolute Gasteiger partial charge is 0.119 e. The number of aromatic hydroxyl groups is 1. The topological polar surface area (TPSA) is 20.2 Å². The highest BCUT2D eigenvalue weighted by Gasteiger charge is 2.13. The molecule has 0 amide bonds. The highest BCUT2D eigenvalue weighted by molar-refractivity contribution is 5.37. The molecule has 1 aliphatic rings. The number of phenols is 1.